The lowest BCUT2D eigenvalue weighted by Gasteiger charge is -2.25. The van der Waals surface area contributed by atoms with E-state index in [4.69, 9.17) is 28.0 Å². The molecule has 12 N–H and O–H groups in total. The van der Waals surface area contributed by atoms with Gasteiger partial charge in [0.2, 0.25) is 17.7 Å². The molecule has 0 saturated heterocycles. The SMILES string of the molecule is CC(C)C(N)C(=O)NC(CCCN=C(N)N)C(=O)NC(CCCCN)C(=O)NCC(=O)O. The summed E-state index contributed by atoms with van der Waals surface area (Å²) in [6.45, 7) is 3.63. The number of guanidine groups is 1. The predicted molar refractivity (Wildman–Crippen MR) is 120 cm³/mol. The number of nitrogens with two attached hydrogens (primary N) is 4. The fraction of sp³-hybridized carbons (Fsp3) is 0.737. The van der Waals surface area contributed by atoms with E-state index in [0.717, 1.165) is 0 Å². The van der Waals surface area contributed by atoms with Crippen molar-refractivity contribution < 1.29 is 24.3 Å². The van der Waals surface area contributed by atoms with Crippen LogP contribution in [0.5, 0.6) is 0 Å². The topological polar surface area (TPSA) is 241 Å². The van der Waals surface area contributed by atoms with Crippen LogP contribution in [0.3, 0.4) is 0 Å². The number of carbonyl (C=O) groups is 4. The number of rotatable bonds is 16. The highest BCUT2D eigenvalue weighted by Gasteiger charge is 2.28. The molecule has 13 heteroatoms. The monoisotopic (exact) mass is 458 g/mol. The number of unbranched alkanes of at least 4 members (excludes halogenated alkanes) is 1. The van der Waals surface area contributed by atoms with Gasteiger partial charge in [0, 0.05) is 6.54 Å². The van der Waals surface area contributed by atoms with Crippen LogP contribution in [0, 0.1) is 5.92 Å². The first-order chi connectivity index (χ1) is 15.0. The molecule has 0 spiro atoms. The Morgan fingerprint density at radius 2 is 1.47 bits per heavy atom. The van der Waals surface area contributed by atoms with Gasteiger partial charge in [-0.3, -0.25) is 24.2 Å². The summed E-state index contributed by atoms with van der Waals surface area (Å²) < 4.78 is 0. The fourth-order valence-electron chi connectivity index (χ4n) is 2.66. The number of hydrogen-bond donors (Lipinski definition) is 8. The van der Waals surface area contributed by atoms with Gasteiger partial charge in [-0.25, -0.2) is 0 Å². The lowest BCUT2D eigenvalue weighted by atomic mass is 10.0. The fourth-order valence-corrected chi connectivity index (χ4v) is 2.66. The summed E-state index contributed by atoms with van der Waals surface area (Å²) in [4.78, 5) is 52.3. The summed E-state index contributed by atoms with van der Waals surface area (Å²) in [5, 5.41) is 16.2. The smallest absolute Gasteiger partial charge is 0.322 e. The molecule has 0 aliphatic rings. The predicted octanol–water partition coefficient (Wildman–Crippen LogP) is -2.68. The van der Waals surface area contributed by atoms with E-state index in [1.807, 2.05) is 0 Å². The molecule has 3 amide bonds. The van der Waals surface area contributed by atoms with E-state index in [-0.39, 0.29) is 31.3 Å². The van der Waals surface area contributed by atoms with Crippen LogP contribution in [-0.4, -0.2) is 72.5 Å². The van der Waals surface area contributed by atoms with E-state index in [2.05, 4.69) is 20.9 Å². The zero-order valence-corrected chi connectivity index (χ0v) is 18.8. The highest BCUT2D eigenvalue weighted by atomic mass is 16.4. The molecule has 0 aliphatic heterocycles. The van der Waals surface area contributed by atoms with Gasteiger partial charge in [0.15, 0.2) is 5.96 Å². The molecule has 0 heterocycles. The number of aliphatic carboxylic acids is 1. The first-order valence-electron chi connectivity index (χ1n) is 10.6. The highest BCUT2D eigenvalue weighted by molar-refractivity contribution is 5.93. The molecule has 3 unspecified atom stereocenters. The Kier molecular flexibility index (Phi) is 14.4. The van der Waals surface area contributed by atoms with Crippen molar-refractivity contribution in [2.45, 2.75) is 64.1 Å². The van der Waals surface area contributed by atoms with Crippen LogP contribution in [0.1, 0.15) is 46.0 Å². The van der Waals surface area contributed by atoms with Crippen LogP contribution >= 0.6 is 0 Å². The van der Waals surface area contributed by atoms with E-state index < -0.39 is 48.4 Å². The third kappa shape index (κ3) is 12.7. The van der Waals surface area contributed by atoms with Crippen molar-refractivity contribution in [1.82, 2.24) is 16.0 Å². The van der Waals surface area contributed by atoms with Gasteiger partial charge in [-0.2, -0.15) is 0 Å². The first kappa shape index (κ1) is 29.1. The van der Waals surface area contributed by atoms with Crippen molar-refractivity contribution in [3.63, 3.8) is 0 Å². The second kappa shape index (κ2) is 15.8. The second-order valence-electron chi connectivity index (χ2n) is 7.74. The van der Waals surface area contributed by atoms with Crippen molar-refractivity contribution in [1.29, 1.82) is 0 Å². The van der Waals surface area contributed by atoms with Crippen molar-refractivity contribution in [2.75, 3.05) is 19.6 Å². The average molecular weight is 459 g/mol. The first-order valence-corrected chi connectivity index (χ1v) is 10.6. The Balaban J connectivity index is 5.33. The van der Waals surface area contributed by atoms with E-state index in [1.165, 1.54) is 0 Å². The standard InChI is InChI=1S/C19H38N8O5/c1-11(2)15(21)18(32)27-13(7-5-9-24-19(22)23)17(31)26-12(6-3-4-8-20)16(30)25-10-14(28)29/h11-13,15H,3-10,20-21H2,1-2H3,(H,25,30)(H,26,31)(H,27,32)(H,28,29)(H4,22,23,24). The molecule has 0 aromatic carbocycles. The number of carbonyl (C=O) groups excluding carboxylic acids is 3. The van der Waals surface area contributed by atoms with E-state index in [9.17, 15) is 19.2 Å². The van der Waals surface area contributed by atoms with E-state index in [1.54, 1.807) is 13.8 Å². The number of nitrogens with zero attached hydrogens (tertiary/aromatic N) is 1. The molecule has 0 aromatic heterocycles. The minimum atomic E-state index is -1.21. The molecule has 0 aliphatic carbocycles. The Morgan fingerprint density at radius 1 is 0.906 bits per heavy atom. The number of aliphatic imine (C=N–C) groups is 1. The minimum Gasteiger partial charge on any atom is -0.480 e. The lowest BCUT2D eigenvalue weighted by molar-refractivity contribution is -0.138. The summed E-state index contributed by atoms with van der Waals surface area (Å²) in [5.74, 6) is -3.18. The third-order valence-electron chi connectivity index (χ3n) is 4.59. The molecule has 0 fully saturated rings. The number of nitrogens with one attached hydrogen (secondary N) is 3. The summed E-state index contributed by atoms with van der Waals surface area (Å²) >= 11 is 0. The lowest BCUT2D eigenvalue weighted by Crippen LogP contribution is -2.56. The maximum atomic E-state index is 12.9. The van der Waals surface area contributed by atoms with Crippen molar-refractivity contribution >= 4 is 29.7 Å². The summed E-state index contributed by atoms with van der Waals surface area (Å²) in [7, 11) is 0. The molecule has 184 valence electrons. The molecular formula is C19H38N8O5. The van der Waals surface area contributed by atoms with E-state index in [0.29, 0.717) is 25.8 Å². The largest absolute Gasteiger partial charge is 0.480 e. The van der Waals surface area contributed by atoms with Crippen LogP contribution in [0.2, 0.25) is 0 Å². The Morgan fingerprint density at radius 3 is 2.00 bits per heavy atom. The molecule has 0 aromatic rings. The third-order valence-corrected chi connectivity index (χ3v) is 4.59. The van der Waals surface area contributed by atoms with Crippen LogP contribution in [0.25, 0.3) is 0 Å². The van der Waals surface area contributed by atoms with Gasteiger partial charge in [-0.1, -0.05) is 13.8 Å². The zero-order valence-electron chi connectivity index (χ0n) is 18.8. The second-order valence-corrected chi connectivity index (χ2v) is 7.74. The number of hydrogen-bond acceptors (Lipinski definition) is 7. The molecule has 13 nitrogen and oxygen atoms in total. The molecule has 0 rings (SSSR count). The number of carboxylic acid groups (broad SMARTS) is 1. The molecule has 3 atom stereocenters. The molecular weight excluding hydrogens is 420 g/mol. The van der Waals surface area contributed by atoms with Gasteiger partial charge < -0.3 is 44.0 Å². The normalized spacial score (nSPS) is 13.5. The van der Waals surface area contributed by atoms with Crippen molar-refractivity contribution in [2.24, 2.45) is 33.8 Å². The van der Waals surface area contributed by atoms with Gasteiger partial charge in [0.25, 0.3) is 0 Å². The molecule has 32 heavy (non-hydrogen) atoms. The highest BCUT2D eigenvalue weighted by Crippen LogP contribution is 2.06. The number of amides is 3. The summed E-state index contributed by atoms with van der Waals surface area (Å²) in [6, 6.07) is -2.78. The maximum Gasteiger partial charge on any atom is 0.322 e. The Hall–Kier alpha value is -2.93. The van der Waals surface area contributed by atoms with Crippen molar-refractivity contribution in [3.8, 4) is 0 Å². The zero-order chi connectivity index (χ0) is 24.7. The van der Waals surface area contributed by atoms with Crippen LogP contribution in [0.4, 0.5) is 0 Å². The van der Waals surface area contributed by atoms with Gasteiger partial charge in [0.1, 0.15) is 18.6 Å². The summed E-state index contributed by atoms with van der Waals surface area (Å²) in [5.41, 5.74) is 21.9. The summed E-state index contributed by atoms with van der Waals surface area (Å²) in [6.07, 6.45) is 2.01. The van der Waals surface area contributed by atoms with Gasteiger partial charge >= 0.3 is 5.97 Å². The minimum absolute atomic E-state index is 0.0908. The molecule has 0 bridgehead atoms. The van der Waals surface area contributed by atoms with Crippen LogP contribution in [0.15, 0.2) is 4.99 Å². The van der Waals surface area contributed by atoms with Crippen molar-refractivity contribution in [3.05, 3.63) is 0 Å². The van der Waals surface area contributed by atoms with Gasteiger partial charge in [0.05, 0.1) is 6.04 Å². The van der Waals surface area contributed by atoms with E-state index >= 15 is 0 Å². The van der Waals surface area contributed by atoms with Crippen LogP contribution < -0.4 is 38.9 Å². The van der Waals surface area contributed by atoms with Gasteiger partial charge in [-0.05, 0) is 44.6 Å². The average Bonchev–Trinajstić information content (AvgIpc) is 2.72. The van der Waals surface area contributed by atoms with Gasteiger partial charge in [-0.15, -0.1) is 0 Å². The molecule has 0 radical (unpaired) electrons. The Bertz CT molecular complexity index is 652. The Labute approximate surface area is 188 Å². The van der Waals surface area contributed by atoms with Crippen LogP contribution in [-0.2, 0) is 19.2 Å². The molecule has 0 saturated carbocycles. The number of carboxylic acids is 1. The quantitative estimate of drug-likeness (QED) is 0.0681. The maximum absolute atomic E-state index is 12.9.